The van der Waals surface area contributed by atoms with Gasteiger partial charge in [-0.05, 0) is 50.8 Å². The zero-order chi connectivity index (χ0) is 12.8. The number of aryl methyl sites for hydroxylation is 2. The molecule has 17 heavy (non-hydrogen) atoms. The summed E-state index contributed by atoms with van der Waals surface area (Å²) in [7, 11) is 0. The molecule has 0 aliphatic rings. The Balaban J connectivity index is 2.78. The van der Waals surface area contributed by atoms with Crippen LogP contribution in [0.5, 0.6) is 0 Å². The number of nitrogens with two attached hydrogens (primary N) is 1. The predicted molar refractivity (Wildman–Crippen MR) is 69.0 cm³/mol. The summed E-state index contributed by atoms with van der Waals surface area (Å²) < 4.78 is 0. The first-order valence-corrected chi connectivity index (χ1v) is 6.03. The van der Waals surface area contributed by atoms with E-state index >= 15 is 0 Å². The molecular formula is C14H21NO2. The predicted octanol–water partition coefficient (Wildman–Crippen LogP) is 2.29. The second kappa shape index (κ2) is 6.40. The normalized spacial score (nSPS) is 12.4. The molecule has 0 saturated carbocycles. The molecule has 1 unspecified atom stereocenters. The van der Waals surface area contributed by atoms with Crippen LogP contribution in [0.2, 0.25) is 0 Å². The lowest BCUT2D eigenvalue weighted by Crippen LogP contribution is -2.18. The lowest BCUT2D eigenvalue weighted by molar-refractivity contribution is -0.141. The number of carbonyl (C=O) groups is 1. The van der Waals surface area contributed by atoms with Gasteiger partial charge in [0, 0.05) is 0 Å². The zero-order valence-corrected chi connectivity index (χ0v) is 10.6. The van der Waals surface area contributed by atoms with Gasteiger partial charge >= 0.3 is 5.97 Å². The maximum atomic E-state index is 11.2. The number of carboxylic acid groups (broad SMARTS) is 1. The summed E-state index contributed by atoms with van der Waals surface area (Å²) >= 11 is 0. The van der Waals surface area contributed by atoms with E-state index in [2.05, 4.69) is 12.1 Å². The minimum Gasteiger partial charge on any atom is -0.481 e. The molecule has 0 saturated heterocycles. The van der Waals surface area contributed by atoms with Crippen LogP contribution in [0.25, 0.3) is 0 Å². The second-order valence-electron chi connectivity index (χ2n) is 4.60. The van der Waals surface area contributed by atoms with Gasteiger partial charge in [0.15, 0.2) is 0 Å². The molecule has 1 aromatic carbocycles. The lowest BCUT2D eigenvalue weighted by atomic mass is 9.92. The van der Waals surface area contributed by atoms with Crippen LogP contribution >= 0.6 is 0 Å². The fourth-order valence-electron chi connectivity index (χ4n) is 1.96. The summed E-state index contributed by atoms with van der Waals surface area (Å²) in [6.45, 7) is 4.60. The van der Waals surface area contributed by atoms with Crippen molar-refractivity contribution >= 4 is 5.97 Å². The van der Waals surface area contributed by atoms with Crippen LogP contribution in [0.15, 0.2) is 18.2 Å². The average Bonchev–Trinajstić information content (AvgIpc) is 2.28. The van der Waals surface area contributed by atoms with Crippen molar-refractivity contribution in [2.45, 2.75) is 33.1 Å². The third-order valence-corrected chi connectivity index (χ3v) is 3.08. The summed E-state index contributed by atoms with van der Waals surface area (Å²) in [5.41, 5.74) is 8.90. The van der Waals surface area contributed by atoms with Crippen LogP contribution in [-0.2, 0) is 11.2 Å². The standard InChI is InChI=1S/C14H21NO2/c1-10-5-6-11(2)13(8-10)9-12(14(16)17)4-3-7-15/h5-6,8,12H,3-4,7,9,15H2,1-2H3,(H,16,17). The molecule has 0 aliphatic carbocycles. The van der Waals surface area contributed by atoms with E-state index in [4.69, 9.17) is 5.73 Å². The van der Waals surface area contributed by atoms with E-state index in [1.54, 1.807) is 0 Å². The highest BCUT2D eigenvalue weighted by Gasteiger charge is 2.18. The van der Waals surface area contributed by atoms with Crippen molar-refractivity contribution in [2.75, 3.05) is 6.54 Å². The molecule has 0 heterocycles. The number of aliphatic carboxylic acids is 1. The molecular weight excluding hydrogens is 214 g/mol. The van der Waals surface area contributed by atoms with E-state index in [1.807, 2.05) is 19.9 Å². The minimum atomic E-state index is -0.723. The molecule has 0 fully saturated rings. The Hall–Kier alpha value is -1.35. The Labute approximate surface area is 103 Å². The van der Waals surface area contributed by atoms with Crippen molar-refractivity contribution in [1.29, 1.82) is 0 Å². The van der Waals surface area contributed by atoms with Crippen molar-refractivity contribution < 1.29 is 9.90 Å². The topological polar surface area (TPSA) is 63.3 Å². The molecule has 1 atom stereocenters. The second-order valence-corrected chi connectivity index (χ2v) is 4.60. The number of hydrogen-bond acceptors (Lipinski definition) is 2. The van der Waals surface area contributed by atoms with Crippen molar-refractivity contribution in [3.05, 3.63) is 34.9 Å². The number of rotatable bonds is 6. The highest BCUT2D eigenvalue weighted by atomic mass is 16.4. The fourth-order valence-corrected chi connectivity index (χ4v) is 1.96. The van der Waals surface area contributed by atoms with E-state index in [-0.39, 0.29) is 5.92 Å². The molecule has 0 radical (unpaired) electrons. The fraction of sp³-hybridized carbons (Fsp3) is 0.500. The third-order valence-electron chi connectivity index (χ3n) is 3.08. The monoisotopic (exact) mass is 235 g/mol. The van der Waals surface area contributed by atoms with E-state index in [0.29, 0.717) is 19.4 Å². The first kappa shape index (κ1) is 13.7. The van der Waals surface area contributed by atoms with Gasteiger partial charge in [-0.15, -0.1) is 0 Å². The molecule has 0 aromatic heterocycles. The first-order chi connectivity index (χ1) is 8.04. The van der Waals surface area contributed by atoms with Gasteiger partial charge in [-0.1, -0.05) is 23.8 Å². The van der Waals surface area contributed by atoms with Gasteiger partial charge in [0.2, 0.25) is 0 Å². The molecule has 3 N–H and O–H groups in total. The number of benzene rings is 1. The maximum absolute atomic E-state index is 11.2. The maximum Gasteiger partial charge on any atom is 0.306 e. The van der Waals surface area contributed by atoms with Crippen molar-refractivity contribution in [3.63, 3.8) is 0 Å². The zero-order valence-electron chi connectivity index (χ0n) is 10.6. The molecule has 1 rings (SSSR count). The van der Waals surface area contributed by atoms with E-state index < -0.39 is 5.97 Å². The van der Waals surface area contributed by atoms with Crippen molar-refractivity contribution in [3.8, 4) is 0 Å². The average molecular weight is 235 g/mol. The Bertz CT molecular complexity index is 388. The summed E-state index contributed by atoms with van der Waals surface area (Å²) in [6.07, 6.45) is 2.02. The van der Waals surface area contributed by atoms with Gasteiger partial charge in [-0.25, -0.2) is 0 Å². The molecule has 0 amide bonds. The third kappa shape index (κ3) is 4.19. The minimum absolute atomic E-state index is 0.320. The Morgan fingerprint density at radius 3 is 2.71 bits per heavy atom. The van der Waals surface area contributed by atoms with Gasteiger partial charge in [-0.2, -0.15) is 0 Å². The SMILES string of the molecule is Cc1ccc(C)c(CC(CCCN)C(=O)O)c1. The number of carboxylic acids is 1. The van der Waals surface area contributed by atoms with Crippen molar-refractivity contribution in [1.82, 2.24) is 0 Å². The summed E-state index contributed by atoms with van der Waals surface area (Å²) in [4.78, 5) is 11.2. The van der Waals surface area contributed by atoms with Crippen LogP contribution in [-0.4, -0.2) is 17.6 Å². The molecule has 0 aliphatic heterocycles. The summed E-state index contributed by atoms with van der Waals surface area (Å²) in [5, 5.41) is 9.18. The summed E-state index contributed by atoms with van der Waals surface area (Å²) in [5.74, 6) is -1.04. The first-order valence-electron chi connectivity index (χ1n) is 6.03. The van der Waals surface area contributed by atoms with Crippen molar-refractivity contribution in [2.24, 2.45) is 11.7 Å². The molecule has 1 aromatic rings. The van der Waals surface area contributed by atoms with Crippen LogP contribution in [0.4, 0.5) is 0 Å². The molecule has 3 heteroatoms. The Kier molecular flexibility index (Phi) is 5.16. The lowest BCUT2D eigenvalue weighted by Gasteiger charge is -2.14. The van der Waals surface area contributed by atoms with E-state index in [9.17, 15) is 9.90 Å². The largest absolute Gasteiger partial charge is 0.481 e. The molecule has 0 bridgehead atoms. The van der Waals surface area contributed by atoms with Gasteiger partial charge in [0.05, 0.1) is 5.92 Å². The Morgan fingerprint density at radius 2 is 2.12 bits per heavy atom. The van der Waals surface area contributed by atoms with Crippen LogP contribution in [0.3, 0.4) is 0 Å². The molecule has 0 spiro atoms. The van der Waals surface area contributed by atoms with E-state index in [0.717, 1.165) is 17.5 Å². The van der Waals surface area contributed by atoms with Crippen LogP contribution < -0.4 is 5.73 Å². The summed E-state index contributed by atoms with van der Waals surface area (Å²) in [6, 6.07) is 6.18. The quantitative estimate of drug-likeness (QED) is 0.795. The van der Waals surface area contributed by atoms with Gasteiger partial charge < -0.3 is 10.8 Å². The number of hydrogen-bond donors (Lipinski definition) is 2. The van der Waals surface area contributed by atoms with Gasteiger partial charge in [0.25, 0.3) is 0 Å². The molecule has 94 valence electrons. The molecule has 3 nitrogen and oxygen atoms in total. The Morgan fingerprint density at radius 1 is 1.41 bits per heavy atom. The van der Waals surface area contributed by atoms with Crippen LogP contribution in [0.1, 0.15) is 29.5 Å². The highest BCUT2D eigenvalue weighted by Crippen LogP contribution is 2.18. The van der Waals surface area contributed by atoms with Crippen LogP contribution in [0, 0.1) is 19.8 Å². The van der Waals surface area contributed by atoms with E-state index in [1.165, 1.54) is 5.56 Å². The van der Waals surface area contributed by atoms with Gasteiger partial charge in [-0.3, -0.25) is 4.79 Å². The smallest absolute Gasteiger partial charge is 0.306 e. The van der Waals surface area contributed by atoms with Gasteiger partial charge in [0.1, 0.15) is 0 Å². The highest BCUT2D eigenvalue weighted by molar-refractivity contribution is 5.70.